The summed E-state index contributed by atoms with van der Waals surface area (Å²) in [5, 5.41) is 1.22. The molecule has 218 valence electrons. The maximum atomic E-state index is 14.0. The van der Waals surface area contributed by atoms with Crippen molar-refractivity contribution in [3.05, 3.63) is 98.2 Å². The van der Waals surface area contributed by atoms with E-state index in [4.69, 9.17) is 25.5 Å². The molecule has 1 aliphatic rings. The van der Waals surface area contributed by atoms with Crippen molar-refractivity contribution in [1.82, 2.24) is 14.5 Å². The minimum absolute atomic E-state index is 0.210. The normalized spacial score (nSPS) is 15.1. The Labute approximate surface area is 260 Å². The highest BCUT2D eigenvalue weighted by Crippen LogP contribution is 2.38. The fraction of sp³-hybridized carbons (Fsp3) is 0.250. The molecule has 1 atom stereocenters. The van der Waals surface area contributed by atoms with Gasteiger partial charge in [0.15, 0.2) is 15.1 Å². The molecule has 5 rings (SSSR count). The zero-order chi connectivity index (χ0) is 30.3. The number of furan rings is 1. The van der Waals surface area contributed by atoms with Gasteiger partial charge in [-0.3, -0.25) is 14.2 Å². The number of aryl methyl sites for hydroxylation is 1. The van der Waals surface area contributed by atoms with Gasteiger partial charge in [-0.2, -0.15) is 0 Å². The van der Waals surface area contributed by atoms with E-state index in [1.807, 2.05) is 0 Å². The number of allylic oxidation sites excluding steroid dienone is 1. The Morgan fingerprint density at radius 3 is 2.71 bits per heavy atom. The van der Waals surface area contributed by atoms with Gasteiger partial charge in [-0.15, -0.1) is 0 Å². The van der Waals surface area contributed by atoms with E-state index < -0.39 is 12.0 Å². The molecule has 0 saturated carbocycles. The number of hydrogen-bond donors (Lipinski definition) is 1. The summed E-state index contributed by atoms with van der Waals surface area (Å²) >= 11 is 12.1. The Hall–Kier alpha value is -3.39. The topological polar surface area (TPSA) is 129 Å². The lowest BCUT2D eigenvalue weighted by molar-refractivity contribution is -0.143. The maximum Gasteiger partial charge on any atom is 0.338 e. The van der Waals surface area contributed by atoms with Crippen LogP contribution in [0.4, 0.5) is 0 Å². The summed E-state index contributed by atoms with van der Waals surface area (Å²) in [6.07, 6.45) is 1.21. The van der Waals surface area contributed by atoms with Gasteiger partial charge < -0.3 is 18.9 Å². The molecular weight excluding hydrogens is 668 g/mol. The van der Waals surface area contributed by atoms with Crippen LogP contribution in [0.5, 0.6) is 5.75 Å². The van der Waals surface area contributed by atoms with E-state index in [0.717, 1.165) is 23.1 Å². The zero-order valence-corrected chi connectivity index (χ0v) is 27.0. The summed E-state index contributed by atoms with van der Waals surface area (Å²) in [6.45, 7) is 6.93. The molecule has 0 fully saturated rings. The Morgan fingerprint density at radius 1 is 1.26 bits per heavy atom. The minimum atomic E-state index is -0.901. The lowest BCUT2D eigenvalue weighted by Gasteiger charge is -2.26. The number of nitrogens with zero attached hydrogens (tertiary/aromatic N) is 3. The van der Waals surface area contributed by atoms with Crippen LogP contribution in [0.3, 0.4) is 0 Å². The smallest absolute Gasteiger partial charge is 0.338 e. The number of aromatic nitrogens is 3. The highest BCUT2D eigenvalue weighted by atomic mass is 79.9. The van der Waals surface area contributed by atoms with E-state index in [9.17, 15) is 14.4 Å². The van der Waals surface area contributed by atoms with E-state index in [2.05, 4.69) is 30.9 Å². The van der Waals surface area contributed by atoms with Crippen molar-refractivity contribution in [3.63, 3.8) is 0 Å². The van der Waals surface area contributed by atoms with Crippen molar-refractivity contribution < 1.29 is 18.7 Å². The zero-order valence-electron chi connectivity index (χ0n) is 23.0. The monoisotopic (exact) mass is 690 g/mol. The standard InChI is InChI=1S/C28H24BrClN4O6S2/c1-12(2)39-25(37)22-14(4)32-28-34(23(22)17-9-15(30)6-7-19(17)38-5)24(36)20(41-28)11-16-10-18(29)26(40-16)42-27-31-13(3)8-21(35)33-27/h6-12,23H,1-5H3,(H,31,33,35)/b20-11-/t23-/m1/s1. The van der Waals surface area contributed by atoms with Gasteiger partial charge in [-0.1, -0.05) is 22.9 Å². The highest BCUT2D eigenvalue weighted by molar-refractivity contribution is 9.10. The highest BCUT2D eigenvalue weighted by Gasteiger charge is 2.35. The summed E-state index contributed by atoms with van der Waals surface area (Å²) < 4.78 is 19.5. The average Bonchev–Trinajstić information content (AvgIpc) is 3.39. The van der Waals surface area contributed by atoms with Crippen LogP contribution in [0.1, 0.15) is 43.8 Å². The van der Waals surface area contributed by atoms with Gasteiger partial charge in [0, 0.05) is 28.4 Å². The van der Waals surface area contributed by atoms with Gasteiger partial charge in [0.2, 0.25) is 0 Å². The first-order valence-corrected chi connectivity index (χ1v) is 15.4. The third kappa shape index (κ3) is 6.05. The average molecular weight is 692 g/mol. The Bertz CT molecular complexity index is 1990. The molecule has 0 spiro atoms. The van der Waals surface area contributed by atoms with E-state index in [1.54, 1.807) is 58.0 Å². The third-order valence-corrected chi connectivity index (χ3v) is 9.00. The Kier molecular flexibility index (Phi) is 8.65. The molecule has 0 radical (unpaired) electrons. The molecule has 0 aliphatic carbocycles. The van der Waals surface area contributed by atoms with Gasteiger partial charge in [0.25, 0.3) is 11.1 Å². The van der Waals surface area contributed by atoms with Crippen LogP contribution < -0.4 is 25.2 Å². The van der Waals surface area contributed by atoms with Gasteiger partial charge in [0.05, 0.1) is 33.5 Å². The molecule has 0 amide bonds. The number of carbonyl (C=O) groups excluding carboxylic acids is 1. The molecule has 4 heterocycles. The number of nitrogens with one attached hydrogen (secondary N) is 1. The van der Waals surface area contributed by atoms with Gasteiger partial charge in [-0.05, 0) is 79.7 Å². The van der Waals surface area contributed by atoms with Gasteiger partial charge in [-0.25, -0.2) is 14.8 Å². The summed E-state index contributed by atoms with van der Waals surface area (Å²) in [5.74, 6) is 0.242. The number of H-pyrrole nitrogens is 1. The second-order valence-corrected chi connectivity index (χ2v) is 12.8. The van der Waals surface area contributed by atoms with Crippen molar-refractivity contribution in [2.75, 3.05) is 7.11 Å². The fourth-order valence-corrected chi connectivity index (χ4v) is 6.97. The molecule has 10 nitrogen and oxygen atoms in total. The number of ether oxygens (including phenoxy) is 2. The minimum Gasteiger partial charge on any atom is -0.496 e. The van der Waals surface area contributed by atoms with Crippen LogP contribution in [-0.2, 0) is 9.53 Å². The second-order valence-electron chi connectivity index (χ2n) is 9.50. The van der Waals surface area contributed by atoms with E-state index >= 15 is 0 Å². The molecule has 3 aromatic heterocycles. The molecule has 14 heteroatoms. The van der Waals surface area contributed by atoms with Crippen LogP contribution >= 0.6 is 50.6 Å². The number of esters is 1. The van der Waals surface area contributed by atoms with Crippen molar-refractivity contribution in [3.8, 4) is 5.75 Å². The lowest BCUT2D eigenvalue weighted by atomic mass is 9.95. The van der Waals surface area contributed by atoms with Crippen molar-refractivity contribution >= 4 is 62.7 Å². The molecular formula is C28H24BrClN4O6S2. The van der Waals surface area contributed by atoms with E-state index in [1.165, 1.54) is 17.7 Å². The molecule has 42 heavy (non-hydrogen) atoms. The fourth-order valence-electron chi connectivity index (χ4n) is 4.40. The number of aromatic amines is 1. The maximum absolute atomic E-state index is 14.0. The number of fused-ring (bicyclic) bond motifs is 1. The number of carbonyl (C=O) groups is 1. The van der Waals surface area contributed by atoms with Crippen LogP contribution in [0, 0.1) is 6.92 Å². The van der Waals surface area contributed by atoms with Crippen molar-refractivity contribution in [2.45, 2.75) is 50.1 Å². The third-order valence-electron chi connectivity index (χ3n) is 6.06. The number of rotatable bonds is 7. The van der Waals surface area contributed by atoms with Gasteiger partial charge >= 0.3 is 5.97 Å². The molecule has 0 saturated heterocycles. The number of thiazole rings is 1. The summed E-state index contributed by atoms with van der Waals surface area (Å²) in [4.78, 5) is 51.1. The second kappa shape index (κ2) is 12.1. The molecule has 0 unspecified atom stereocenters. The first-order valence-electron chi connectivity index (χ1n) is 12.6. The van der Waals surface area contributed by atoms with Crippen LogP contribution in [0.2, 0.25) is 5.02 Å². The largest absolute Gasteiger partial charge is 0.496 e. The first-order chi connectivity index (χ1) is 19.9. The molecule has 1 aromatic carbocycles. The van der Waals surface area contributed by atoms with Crippen LogP contribution in [-0.4, -0.2) is 33.7 Å². The van der Waals surface area contributed by atoms with Crippen LogP contribution in [0.15, 0.2) is 75.3 Å². The number of halogens is 2. The van der Waals surface area contributed by atoms with Crippen molar-refractivity contribution in [2.24, 2.45) is 4.99 Å². The van der Waals surface area contributed by atoms with E-state index in [-0.39, 0.29) is 22.8 Å². The molecule has 0 bridgehead atoms. The Morgan fingerprint density at radius 2 is 2.02 bits per heavy atom. The first kappa shape index (κ1) is 30.1. The summed E-state index contributed by atoms with van der Waals surface area (Å²) in [7, 11) is 1.51. The predicted octanol–water partition coefficient (Wildman–Crippen LogP) is 4.75. The predicted molar refractivity (Wildman–Crippen MR) is 163 cm³/mol. The number of methoxy groups -OCH3 is 1. The van der Waals surface area contributed by atoms with Crippen LogP contribution in [0.25, 0.3) is 6.08 Å². The van der Waals surface area contributed by atoms with E-state index in [0.29, 0.717) is 57.5 Å². The lowest BCUT2D eigenvalue weighted by Crippen LogP contribution is -2.40. The molecule has 1 N–H and O–H groups in total. The molecule has 1 aliphatic heterocycles. The summed E-state index contributed by atoms with van der Waals surface area (Å²) in [6, 6.07) is 7.23. The quantitative estimate of drug-likeness (QED) is 0.217. The van der Waals surface area contributed by atoms with Gasteiger partial charge in [0.1, 0.15) is 17.6 Å². The number of hydrogen-bond acceptors (Lipinski definition) is 10. The summed E-state index contributed by atoms with van der Waals surface area (Å²) in [5.41, 5.74) is 1.05. The van der Waals surface area contributed by atoms with Crippen molar-refractivity contribution in [1.29, 1.82) is 0 Å². The number of benzene rings is 1. The Balaban J connectivity index is 1.64. The SMILES string of the molecule is COc1ccc(Cl)cc1[C@@H]1C(C(=O)OC(C)C)=C(C)N=c2s/c(=C\c3cc(Br)c(Sc4nc(C)cc(=O)[nH]4)o3)c(=O)n21. The molecule has 4 aromatic rings.